The summed E-state index contributed by atoms with van der Waals surface area (Å²) in [5.74, 6) is 0.616. The summed E-state index contributed by atoms with van der Waals surface area (Å²) in [5.41, 5.74) is 2.68. The lowest BCUT2D eigenvalue weighted by molar-refractivity contribution is -0.134. The molecule has 1 aliphatic heterocycles. The first-order valence-corrected chi connectivity index (χ1v) is 9.97. The summed E-state index contributed by atoms with van der Waals surface area (Å²) in [4.78, 5) is 14.0. The van der Waals surface area contributed by atoms with Crippen LogP contribution >= 0.6 is 0 Å². The average Bonchev–Trinajstić information content (AvgIpc) is 3.07. The molecule has 1 saturated heterocycles. The largest absolute Gasteiger partial charge is 0.484 e. The molecular formula is C17H25N3O4S. The number of hydrogen-bond donors (Lipinski definition) is 0. The maximum atomic E-state index is 12.3. The van der Waals surface area contributed by atoms with Gasteiger partial charge in [-0.25, -0.2) is 0 Å². The highest BCUT2D eigenvalue weighted by atomic mass is 32.2. The molecule has 138 valence electrons. The van der Waals surface area contributed by atoms with Gasteiger partial charge in [-0.05, 0) is 42.5 Å². The van der Waals surface area contributed by atoms with Crippen LogP contribution in [-0.4, -0.2) is 74.7 Å². The maximum Gasteiger partial charge on any atom is 0.281 e. The Morgan fingerprint density at radius 1 is 1.12 bits per heavy atom. The molecule has 0 spiro atoms. The van der Waals surface area contributed by atoms with E-state index in [9.17, 15) is 13.2 Å². The van der Waals surface area contributed by atoms with E-state index >= 15 is 0 Å². The lowest BCUT2D eigenvalue weighted by Crippen LogP contribution is -2.53. The lowest BCUT2D eigenvalue weighted by atomic mass is 10.1. The summed E-state index contributed by atoms with van der Waals surface area (Å²) >= 11 is 0. The third-order valence-corrected chi connectivity index (χ3v) is 6.75. The van der Waals surface area contributed by atoms with Crippen molar-refractivity contribution in [3.05, 3.63) is 29.3 Å². The minimum absolute atomic E-state index is 0.0147. The molecule has 0 saturated carbocycles. The molecule has 8 heteroatoms. The molecule has 1 aromatic rings. The van der Waals surface area contributed by atoms with E-state index in [-0.39, 0.29) is 12.5 Å². The van der Waals surface area contributed by atoms with Crippen molar-refractivity contribution < 1.29 is 17.9 Å². The van der Waals surface area contributed by atoms with E-state index in [2.05, 4.69) is 6.07 Å². The van der Waals surface area contributed by atoms with Gasteiger partial charge in [-0.15, -0.1) is 0 Å². The summed E-state index contributed by atoms with van der Waals surface area (Å²) in [6.07, 6.45) is 3.37. The number of amides is 1. The van der Waals surface area contributed by atoms with Gasteiger partial charge in [-0.2, -0.15) is 17.0 Å². The van der Waals surface area contributed by atoms with E-state index in [0.717, 1.165) is 18.6 Å². The molecule has 0 N–H and O–H groups in total. The van der Waals surface area contributed by atoms with Crippen molar-refractivity contribution in [2.75, 3.05) is 46.9 Å². The molecule has 1 aromatic carbocycles. The van der Waals surface area contributed by atoms with E-state index in [4.69, 9.17) is 4.74 Å². The Balaban J connectivity index is 1.50. The molecule has 1 heterocycles. The van der Waals surface area contributed by atoms with Crippen LogP contribution in [-0.2, 0) is 27.8 Å². The highest BCUT2D eigenvalue weighted by molar-refractivity contribution is 7.86. The fraction of sp³-hybridized carbons (Fsp3) is 0.588. The van der Waals surface area contributed by atoms with Crippen LogP contribution in [0.5, 0.6) is 5.75 Å². The molecule has 1 aliphatic carbocycles. The van der Waals surface area contributed by atoms with Gasteiger partial charge in [-0.3, -0.25) is 4.79 Å². The maximum absolute atomic E-state index is 12.3. The number of carbonyl (C=O) groups is 1. The Morgan fingerprint density at radius 2 is 1.80 bits per heavy atom. The van der Waals surface area contributed by atoms with Gasteiger partial charge >= 0.3 is 0 Å². The zero-order valence-corrected chi connectivity index (χ0v) is 15.6. The highest BCUT2D eigenvalue weighted by Crippen LogP contribution is 2.26. The van der Waals surface area contributed by atoms with Crippen molar-refractivity contribution in [3.63, 3.8) is 0 Å². The van der Waals surface area contributed by atoms with E-state index in [0.29, 0.717) is 26.2 Å². The number of fused-ring (bicyclic) bond motifs is 1. The Labute approximate surface area is 149 Å². The van der Waals surface area contributed by atoms with E-state index < -0.39 is 10.2 Å². The van der Waals surface area contributed by atoms with Gasteiger partial charge < -0.3 is 9.64 Å². The van der Waals surface area contributed by atoms with Gasteiger partial charge in [0, 0.05) is 40.3 Å². The average molecular weight is 367 g/mol. The minimum atomic E-state index is -3.41. The molecule has 3 rings (SSSR count). The topological polar surface area (TPSA) is 70.2 Å². The second-order valence-corrected chi connectivity index (χ2v) is 8.79. The first-order chi connectivity index (χ1) is 11.9. The van der Waals surface area contributed by atoms with Gasteiger partial charge in [-0.1, -0.05) is 6.07 Å². The fourth-order valence-electron chi connectivity index (χ4n) is 3.27. The summed E-state index contributed by atoms with van der Waals surface area (Å²) in [7, 11) is -0.390. The summed E-state index contributed by atoms with van der Waals surface area (Å²) in [6, 6.07) is 6.02. The van der Waals surface area contributed by atoms with E-state index in [1.165, 1.54) is 40.3 Å². The molecular weight excluding hydrogens is 342 g/mol. The zero-order chi connectivity index (χ0) is 18.0. The summed E-state index contributed by atoms with van der Waals surface area (Å²) in [5, 5.41) is 0. The van der Waals surface area contributed by atoms with Crippen molar-refractivity contribution in [1.82, 2.24) is 13.5 Å². The first-order valence-electron chi connectivity index (χ1n) is 8.58. The number of nitrogens with zero attached hydrogens (tertiary/aromatic N) is 3. The molecule has 1 amide bonds. The Kier molecular flexibility index (Phi) is 5.31. The molecule has 0 atom stereocenters. The number of rotatable bonds is 5. The predicted octanol–water partition coefficient (Wildman–Crippen LogP) is 0.505. The molecule has 2 aliphatic rings. The molecule has 1 fully saturated rings. The number of hydrogen-bond acceptors (Lipinski definition) is 4. The quantitative estimate of drug-likeness (QED) is 0.760. The fourth-order valence-corrected chi connectivity index (χ4v) is 4.36. The number of ether oxygens (including phenoxy) is 1. The number of carbonyl (C=O) groups excluding carboxylic acids is 1. The van der Waals surface area contributed by atoms with Crippen LogP contribution in [0, 0.1) is 0 Å². The molecule has 7 nitrogen and oxygen atoms in total. The van der Waals surface area contributed by atoms with Gasteiger partial charge in [0.2, 0.25) is 0 Å². The molecule has 0 radical (unpaired) electrons. The number of benzene rings is 1. The van der Waals surface area contributed by atoms with Gasteiger partial charge in [0.05, 0.1) is 0 Å². The SMILES string of the molecule is CN(C)S(=O)(=O)N1CCN(C(=O)COc2ccc3c(c2)CCC3)CC1. The second-order valence-electron chi connectivity index (χ2n) is 6.64. The molecule has 25 heavy (non-hydrogen) atoms. The lowest BCUT2D eigenvalue weighted by Gasteiger charge is -2.35. The standard InChI is InChI=1S/C17H25N3O4S/c1-18(2)25(22,23)20-10-8-19(9-11-20)17(21)13-24-16-7-6-14-4-3-5-15(14)12-16/h6-7,12H,3-5,8-11,13H2,1-2H3. The van der Waals surface area contributed by atoms with Crippen LogP contribution in [0.25, 0.3) is 0 Å². The minimum Gasteiger partial charge on any atom is -0.484 e. The van der Waals surface area contributed by atoms with E-state index in [1.807, 2.05) is 12.1 Å². The van der Waals surface area contributed by atoms with Crippen LogP contribution in [0.3, 0.4) is 0 Å². The highest BCUT2D eigenvalue weighted by Gasteiger charge is 2.30. The smallest absolute Gasteiger partial charge is 0.281 e. The number of aryl methyl sites for hydroxylation is 2. The van der Waals surface area contributed by atoms with Crippen LogP contribution in [0.1, 0.15) is 17.5 Å². The Morgan fingerprint density at radius 3 is 2.48 bits per heavy atom. The van der Waals surface area contributed by atoms with Crippen molar-refractivity contribution >= 4 is 16.1 Å². The van der Waals surface area contributed by atoms with Crippen molar-refractivity contribution in [2.24, 2.45) is 0 Å². The van der Waals surface area contributed by atoms with Crippen LogP contribution in [0.4, 0.5) is 0 Å². The predicted molar refractivity (Wildman–Crippen MR) is 94.7 cm³/mol. The molecule has 0 unspecified atom stereocenters. The van der Waals surface area contributed by atoms with Gasteiger partial charge in [0.1, 0.15) is 5.75 Å². The molecule has 0 bridgehead atoms. The molecule has 0 aromatic heterocycles. The van der Waals surface area contributed by atoms with Crippen molar-refractivity contribution in [2.45, 2.75) is 19.3 Å². The van der Waals surface area contributed by atoms with Crippen LogP contribution in [0.2, 0.25) is 0 Å². The first kappa shape index (κ1) is 18.2. The monoisotopic (exact) mass is 367 g/mol. The van der Waals surface area contributed by atoms with Gasteiger partial charge in [0.15, 0.2) is 6.61 Å². The second kappa shape index (κ2) is 7.31. The van der Waals surface area contributed by atoms with E-state index in [1.54, 1.807) is 4.90 Å². The Hall–Kier alpha value is -1.64. The number of piperazine rings is 1. The normalized spacial score (nSPS) is 18.4. The third-order valence-electron chi connectivity index (χ3n) is 4.81. The van der Waals surface area contributed by atoms with Gasteiger partial charge in [0.25, 0.3) is 16.1 Å². The van der Waals surface area contributed by atoms with Crippen molar-refractivity contribution in [3.8, 4) is 5.75 Å². The van der Waals surface area contributed by atoms with Crippen LogP contribution < -0.4 is 4.74 Å². The van der Waals surface area contributed by atoms with Crippen LogP contribution in [0.15, 0.2) is 18.2 Å². The summed E-state index contributed by atoms with van der Waals surface area (Å²) < 4.78 is 32.4. The third kappa shape index (κ3) is 3.96. The van der Waals surface area contributed by atoms with Crippen molar-refractivity contribution in [1.29, 1.82) is 0 Å². The Bertz CT molecular complexity index is 740. The summed E-state index contributed by atoms with van der Waals surface area (Å²) in [6.45, 7) is 1.38. The zero-order valence-electron chi connectivity index (χ0n) is 14.8.